The fraction of sp³-hybridized carbons (Fsp3) is 0.481. The summed E-state index contributed by atoms with van der Waals surface area (Å²) in [7, 11) is 4.56. The number of nitrogens with two attached hydrogens (primary N) is 1. The first kappa shape index (κ1) is 29.2. The van der Waals surface area contributed by atoms with E-state index >= 15 is 0 Å². The Bertz CT molecular complexity index is 1240. The average molecular weight is 531 g/mol. The molecule has 3 rings (SSSR count). The van der Waals surface area contributed by atoms with E-state index in [0.29, 0.717) is 40.6 Å². The van der Waals surface area contributed by atoms with Crippen LogP contribution in [-0.4, -0.2) is 70.6 Å². The van der Waals surface area contributed by atoms with E-state index in [-0.39, 0.29) is 11.2 Å². The molecule has 0 spiro atoms. The number of methoxy groups -OCH3 is 3. The van der Waals surface area contributed by atoms with Gasteiger partial charge in [0.15, 0.2) is 11.5 Å². The van der Waals surface area contributed by atoms with Crippen LogP contribution in [0.15, 0.2) is 29.1 Å². The number of anilines is 1. The minimum atomic E-state index is -0.503. The number of unbranched alkanes of at least 4 members (excludes halogenated alkanes) is 1. The molecule has 208 valence electrons. The molecule has 1 aromatic heterocycles. The van der Waals surface area contributed by atoms with Gasteiger partial charge in [-0.1, -0.05) is 0 Å². The molecule has 0 amide bonds. The maximum atomic E-state index is 14.7. The van der Waals surface area contributed by atoms with E-state index in [1.807, 2.05) is 0 Å². The van der Waals surface area contributed by atoms with Crippen molar-refractivity contribution in [3.8, 4) is 28.6 Å². The van der Waals surface area contributed by atoms with Gasteiger partial charge in [-0.25, -0.2) is 9.37 Å². The number of hydrogen-bond donors (Lipinski definition) is 5. The second-order valence-electron chi connectivity index (χ2n) is 8.80. The third kappa shape index (κ3) is 7.80. The van der Waals surface area contributed by atoms with E-state index in [1.165, 1.54) is 27.4 Å². The number of fused-ring (bicyclic) bond motifs is 1. The number of nitrogens with zero attached hydrogens (tertiary/aromatic N) is 1. The van der Waals surface area contributed by atoms with E-state index in [0.717, 1.165) is 58.4 Å². The van der Waals surface area contributed by atoms with Crippen LogP contribution in [-0.2, 0) is 0 Å². The van der Waals surface area contributed by atoms with E-state index in [2.05, 4.69) is 25.9 Å². The number of H-pyrrole nitrogens is 1. The normalized spacial score (nSPS) is 11.1. The summed E-state index contributed by atoms with van der Waals surface area (Å²) in [6.45, 7) is 5.03. The molecular formula is C27H39FN6O4. The van der Waals surface area contributed by atoms with Crippen LogP contribution in [0.25, 0.3) is 22.3 Å². The van der Waals surface area contributed by atoms with E-state index in [9.17, 15) is 9.18 Å². The van der Waals surface area contributed by atoms with Gasteiger partial charge < -0.3 is 40.9 Å². The van der Waals surface area contributed by atoms with Gasteiger partial charge in [0.25, 0.3) is 5.56 Å². The minimum Gasteiger partial charge on any atom is -0.496 e. The zero-order valence-corrected chi connectivity index (χ0v) is 22.4. The van der Waals surface area contributed by atoms with Gasteiger partial charge in [0.2, 0.25) is 0 Å². The molecule has 2 aromatic carbocycles. The van der Waals surface area contributed by atoms with Crippen molar-refractivity contribution in [2.45, 2.75) is 25.7 Å². The molecule has 0 fully saturated rings. The Morgan fingerprint density at radius 3 is 2.13 bits per heavy atom. The highest BCUT2D eigenvalue weighted by molar-refractivity contribution is 5.84. The van der Waals surface area contributed by atoms with Gasteiger partial charge in [0, 0.05) is 12.6 Å². The fourth-order valence-corrected chi connectivity index (χ4v) is 4.05. The van der Waals surface area contributed by atoms with Crippen LogP contribution in [0.2, 0.25) is 0 Å². The highest BCUT2D eigenvalue weighted by Crippen LogP contribution is 2.39. The summed E-state index contributed by atoms with van der Waals surface area (Å²) >= 11 is 0. The van der Waals surface area contributed by atoms with E-state index < -0.39 is 11.4 Å². The lowest BCUT2D eigenvalue weighted by Crippen LogP contribution is -2.22. The number of nitrogens with one attached hydrogen (secondary N) is 4. The Balaban J connectivity index is 1.62. The minimum absolute atomic E-state index is 0.162. The molecular weight excluding hydrogens is 491 g/mol. The molecule has 0 atom stereocenters. The molecule has 0 aliphatic rings. The summed E-state index contributed by atoms with van der Waals surface area (Å²) < 4.78 is 30.9. The average Bonchev–Trinajstić information content (AvgIpc) is 2.93. The molecule has 0 bridgehead atoms. The molecule has 1 heterocycles. The van der Waals surface area contributed by atoms with Crippen LogP contribution in [0, 0.1) is 5.82 Å². The van der Waals surface area contributed by atoms with Crippen LogP contribution in [0.3, 0.4) is 0 Å². The van der Waals surface area contributed by atoms with Crippen molar-refractivity contribution in [2.75, 3.05) is 65.9 Å². The Kier molecular flexibility index (Phi) is 11.6. The summed E-state index contributed by atoms with van der Waals surface area (Å²) in [6, 6.07) is 6.10. The molecule has 6 N–H and O–H groups in total. The molecule has 0 saturated carbocycles. The van der Waals surface area contributed by atoms with Gasteiger partial charge in [-0.2, -0.15) is 0 Å². The van der Waals surface area contributed by atoms with Gasteiger partial charge in [0.05, 0.1) is 43.5 Å². The summed E-state index contributed by atoms with van der Waals surface area (Å²) in [4.78, 5) is 20.1. The van der Waals surface area contributed by atoms with E-state index in [1.54, 1.807) is 18.2 Å². The summed E-state index contributed by atoms with van der Waals surface area (Å²) in [5, 5.41) is 10.1. The predicted octanol–water partition coefficient (Wildman–Crippen LogP) is 2.87. The fourth-order valence-electron chi connectivity index (χ4n) is 4.05. The number of benzene rings is 2. The molecule has 0 radical (unpaired) electrons. The van der Waals surface area contributed by atoms with Crippen molar-refractivity contribution >= 4 is 16.6 Å². The monoisotopic (exact) mass is 530 g/mol. The molecule has 0 saturated heterocycles. The quantitative estimate of drug-likeness (QED) is 0.167. The number of halogens is 1. The standard InChI is InChI=1S/C27H39FN6O4/c1-36-23-17-25(38-3)24(37-2)15-19(23)26-33-21-16-22(20(28)14-18(21)27(35)34-26)32-13-7-12-31-10-5-4-9-30-11-6-8-29/h14-17,30-32H,4-13,29H2,1-3H3,(H,33,34,35). The lowest BCUT2D eigenvalue weighted by molar-refractivity contribution is 0.349. The van der Waals surface area contributed by atoms with Crippen LogP contribution in [0.5, 0.6) is 17.2 Å². The molecule has 10 nitrogen and oxygen atoms in total. The van der Waals surface area contributed by atoms with Crippen molar-refractivity contribution < 1.29 is 18.6 Å². The highest BCUT2D eigenvalue weighted by atomic mass is 19.1. The van der Waals surface area contributed by atoms with Crippen LogP contribution < -0.4 is 41.5 Å². The summed E-state index contributed by atoms with van der Waals surface area (Å²) in [5.74, 6) is 1.16. The topological polar surface area (TPSA) is 136 Å². The van der Waals surface area contributed by atoms with Crippen molar-refractivity contribution in [1.82, 2.24) is 20.6 Å². The Morgan fingerprint density at radius 2 is 1.47 bits per heavy atom. The zero-order valence-electron chi connectivity index (χ0n) is 22.4. The second-order valence-corrected chi connectivity index (χ2v) is 8.80. The molecule has 0 aliphatic heterocycles. The number of aromatic nitrogens is 2. The number of aromatic amines is 1. The molecule has 0 unspecified atom stereocenters. The third-order valence-electron chi connectivity index (χ3n) is 6.12. The smallest absolute Gasteiger partial charge is 0.259 e. The first-order valence-electron chi connectivity index (χ1n) is 12.9. The summed E-state index contributed by atoms with van der Waals surface area (Å²) in [6.07, 6.45) is 4.03. The number of ether oxygens (including phenoxy) is 3. The summed E-state index contributed by atoms with van der Waals surface area (Å²) in [5.41, 5.74) is 6.20. The first-order valence-corrected chi connectivity index (χ1v) is 12.9. The third-order valence-corrected chi connectivity index (χ3v) is 6.12. The van der Waals surface area contributed by atoms with Crippen LogP contribution in [0.1, 0.15) is 25.7 Å². The maximum absolute atomic E-state index is 14.7. The number of hydrogen-bond acceptors (Lipinski definition) is 9. The van der Waals surface area contributed by atoms with Crippen LogP contribution in [0.4, 0.5) is 10.1 Å². The van der Waals surface area contributed by atoms with Crippen molar-refractivity contribution in [2.24, 2.45) is 5.73 Å². The Morgan fingerprint density at radius 1 is 0.842 bits per heavy atom. The first-order chi connectivity index (χ1) is 18.5. The maximum Gasteiger partial charge on any atom is 0.259 e. The molecule has 38 heavy (non-hydrogen) atoms. The van der Waals surface area contributed by atoms with Gasteiger partial charge >= 0.3 is 0 Å². The lowest BCUT2D eigenvalue weighted by Gasteiger charge is -2.14. The Labute approximate surface area is 222 Å². The SMILES string of the molecule is COc1cc(OC)c(-c2nc3cc(NCCCNCCCCNCCCN)c(F)cc3c(=O)[nH]2)cc1OC. The van der Waals surface area contributed by atoms with E-state index in [4.69, 9.17) is 19.9 Å². The van der Waals surface area contributed by atoms with Crippen molar-refractivity contribution in [3.05, 3.63) is 40.4 Å². The van der Waals surface area contributed by atoms with Gasteiger partial charge in [-0.15, -0.1) is 0 Å². The predicted molar refractivity (Wildman–Crippen MR) is 149 cm³/mol. The zero-order chi connectivity index (χ0) is 27.3. The second kappa shape index (κ2) is 15.1. The molecule has 11 heteroatoms. The van der Waals surface area contributed by atoms with Gasteiger partial charge in [-0.05, 0) is 76.6 Å². The van der Waals surface area contributed by atoms with Crippen molar-refractivity contribution in [1.29, 1.82) is 0 Å². The number of rotatable bonds is 17. The van der Waals surface area contributed by atoms with Crippen LogP contribution >= 0.6 is 0 Å². The Hall–Kier alpha value is -3.41. The van der Waals surface area contributed by atoms with Gasteiger partial charge in [-0.3, -0.25) is 4.79 Å². The van der Waals surface area contributed by atoms with Crippen molar-refractivity contribution in [3.63, 3.8) is 0 Å². The lowest BCUT2D eigenvalue weighted by atomic mass is 10.1. The largest absolute Gasteiger partial charge is 0.496 e. The van der Waals surface area contributed by atoms with Gasteiger partial charge in [0.1, 0.15) is 17.4 Å². The molecule has 0 aliphatic carbocycles. The highest BCUT2D eigenvalue weighted by Gasteiger charge is 2.17. The molecule has 3 aromatic rings.